The van der Waals surface area contributed by atoms with Crippen LogP contribution in [0.15, 0.2) is 41.8 Å². The van der Waals surface area contributed by atoms with E-state index >= 15 is 0 Å². The van der Waals surface area contributed by atoms with E-state index in [2.05, 4.69) is 6.07 Å². The summed E-state index contributed by atoms with van der Waals surface area (Å²) in [6.07, 6.45) is 0.348. The second-order valence-corrected chi connectivity index (χ2v) is 8.98. The number of carbonyl (C=O) groups excluding carboxylic acids is 2. The van der Waals surface area contributed by atoms with Gasteiger partial charge in [-0.15, -0.1) is 11.3 Å². The van der Waals surface area contributed by atoms with Crippen LogP contribution in [0.25, 0.3) is 10.4 Å². The fourth-order valence-electron chi connectivity index (χ4n) is 3.33. The van der Waals surface area contributed by atoms with Crippen LogP contribution < -0.4 is 5.73 Å². The summed E-state index contributed by atoms with van der Waals surface area (Å²) in [4.78, 5) is 27.9. The zero-order valence-electron chi connectivity index (χ0n) is 16.0. The van der Waals surface area contributed by atoms with Crippen LogP contribution in [-0.4, -0.2) is 42.0 Å². The highest BCUT2D eigenvalue weighted by molar-refractivity contribution is 7.13. The number of hydrogen-bond donors (Lipinski definition) is 1. The Kier molecular flexibility index (Phi) is 5.40. The van der Waals surface area contributed by atoms with Crippen molar-refractivity contribution in [3.8, 4) is 10.4 Å². The third kappa shape index (κ3) is 4.22. The molecule has 1 atom stereocenters. The summed E-state index contributed by atoms with van der Waals surface area (Å²) in [5.41, 5.74) is 6.12. The van der Waals surface area contributed by atoms with Gasteiger partial charge in [-0.2, -0.15) is 0 Å². The average Bonchev–Trinajstić information content (AvgIpc) is 3.15. The number of rotatable bonds is 4. The number of benzene rings is 1. The van der Waals surface area contributed by atoms with E-state index in [1.165, 1.54) is 4.88 Å². The van der Waals surface area contributed by atoms with Crippen molar-refractivity contribution in [3.05, 3.63) is 47.3 Å². The van der Waals surface area contributed by atoms with Gasteiger partial charge in [0.25, 0.3) is 5.91 Å². The van der Waals surface area contributed by atoms with E-state index in [4.69, 9.17) is 10.5 Å². The zero-order chi connectivity index (χ0) is 19.7. The largest absolute Gasteiger partial charge is 0.367 e. The maximum Gasteiger partial charge on any atom is 0.251 e. The molecule has 1 aliphatic heterocycles. The van der Waals surface area contributed by atoms with E-state index in [1.807, 2.05) is 56.5 Å². The lowest BCUT2D eigenvalue weighted by Gasteiger charge is -2.42. The van der Waals surface area contributed by atoms with Crippen LogP contribution in [0.2, 0.25) is 0 Å². The smallest absolute Gasteiger partial charge is 0.251 e. The molecule has 144 valence electrons. The first kappa shape index (κ1) is 19.6. The summed E-state index contributed by atoms with van der Waals surface area (Å²) < 4.78 is 5.86. The predicted molar refractivity (Wildman–Crippen MR) is 107 cm³/mol. The third-order valence-corrected chi connectivity index (χ3v) is 5.73. The van der Waals surface area contributed by atoms with Gasteiger partial charge in [-0.3, -0.25) is 9.59 Å². The van der Waals surface area contributed by atoms with Crippen molar-refractivity contribution >= 4 is 23.2 Å². The Balaban J connectivity index is 1.81. The van der Waals surface area contributed by atoms with Gasteiger partial charge in [-0.25, -0.2) is 0 Å². The number of nitrogens with zero attached hydrogens (tertiary/aromatic N) is 1. The van der Waals surface area contributed by atoms with E-state index in [9.17, 15) is 9.59 Å². The van der Waals surface area contributed by atoms with Gasteiger partial charge in [0.05, 0.1) is 13.2 Å². The van der Waals surface area contributed by atoms with Crippen molar-refractivity contribution in [3.63, 3.8) is 0 Å². The minimum Gasteiger partial charge on any atom is -0.367 e. The molecule has 2 amide bonds. The highest BCUT2D eigenvalue weighted by Crippen LogP contribution is 2.29. The van der Waals surface area contributed by atoms with Gasteiger partial charge in [0.1, 0.15) is 0 Å². The van der Waals surface area contributed by atoms with E-state index in [1.54, 1.807) is 16.2 Å². The molecule has 2 aromatic rings. The molecule has 1 saturated heterocycles. The molecule has 5 nitrogen and oxygen atoms in total. The first-order valence-electron chi connectivity index (χ1n) is 9.07. The van der Waals surface area contributed by atoms with Crippen LogP contribution in [0.3, 0.4) is 0 Å². The van der Waals surface area contributed by atoms with Gasteiger partial charge in [0.2, 0.25) is 5.91 Å². The molecule has 1 fully saturated rings. The van der Waals surface area contributed by atoms with Gasteiger partial charge in [0.15, 0.2) is 5.60 Å². The summed E-state index contributed by atoms with van der Waals surface area (Å²) in [5.74, 6) is -0.527. The standard InChI is InChI=1S/C21H26N2O3S/c1-20(2,3)19(25)23-10-11-26-21(14-23,18(22)24)13-15-6-8-16(9-7-15)17-5-4-12-27-17/h4-9,12H,10-11,13-14H2,1-3H3,(H2,22,24). The maximum atomic E-state index is 12.7. The lowest BCUT2D eigenvalue weighted by atomic mass is 9.89. The van der Waals surface area contributed by atoms with Crippen LogP contribution in [0, 0.1) is 5.41 Å². The molecule has 0 saturated carbocycles. The Morgan fingerprint density at radius 2 is 1.93 bits per heavy atom. The number of nitrogens with two attached hydrogens (primary N) is 1. The van der Waals surface area contributed by atoms with Gasteiger partial charge in [0, 0.05) is 23.3 Å². The van der Waals surface area contributed by atoms with Gasteiger partial charge < -0.3 is 15.4 Å². The monoisotopic (exact) mass is 386 g/mol. The van der Waals surface area contributed by atoms with Crippen LogP contribution in [0.4, 0.5) is 0 Å². The van der Waals surface area contributed by atoms with E-state index in [-0.39, 0.29) is 12.5 Å². The van der Waals surface area contributed by atoms with Crippen LogP contribution in [-0.2, 0) is 20.7 Å². The van der Waals surface area contributed by atoms with E-state index < -0.39 is 16.9 Å². The van der Waals surface area contributed by atoms with Crippen molar-refractivity contribution in [1.82, 2.24) is 4.90 Å². The highest BCUT2D eigenvalue weighted by atomic mass is 32.1. The van der Waals surface area contributed by atoms with Gasteiger partial charge >= 0.3 is 0 Å². The lowest BCUT2D eigenvalue weighted by Crippen LogP contribution is -2.62. The summed E-state index contributed by atoms with van der Waals surface area (Å²) in [6, 6.07) is 12.2. The number of morpholine rings is 1. The molecule has 6 heteroatoms. The zero-order valence-corrected chi connectivity index (χ0v) is 16.8. The Bertz CT molecular complexity index is 809. The molecular weight excluding hydrogens is 360 g/mol. The number of ether oxygens (including phenoxy) is 1. The molecule has 27 heavy (non-hydrogen) atoms. The molecule has 2 N–H and O–H groups in total. The molecule has 1 aromatic carbocycles. The molecule has 3 rings (SSSR count). The predicted octanol–water partition coefficient (Wildman–Crippen LogP) is 3.09. The molecule has 0 radical (unpaired) electrons. The average molecular weight is 387 g/mol. The summed E-state index contributed by atoms with van der Waals surface area (Å²) >= 11 is 1.68. The number of thiophene rings is 1. The summed E-state index contributed by atoms with van der Waals surface area (Å²) in [5, 5.41) is 2.04. The maximum absolute atomic E-state index is 12.7. The first-order valence-corrected chi connectivity index (χ1v) is 9.95. The minimum atomic E-state index is -1.19. The van der Waals surface area contributed by atoms with Crippen molar-refractivity contribution in [2.75, 3.05) is 19.7 Å². The van der Waals surface area contributed by atoms with E-state index in [0.29, 0.717) is 19.6 Å². The van der Waals surface area contributed by atoms with Crippen molar-refractivity contribution in [2.24, 2.45) is 11.1 Å². The third-order valence-electron chi connectivity index (χ3n) is 4.81. The molecule has 1 aromatic heterocycles. The van der Waals surface area contributed by atoms with Crippen LogP contribution in [0.1, 0.15) is 26.3 Å². The van der Waals surface area contributed by atoms with Crippen molar-refractivity contribution < 1.29 is 14.3 Å². The Hall–Kier alpha value is -2.18. The topological polar surface area (TPSA) is 72.6 Å². The normalized spacial score (nSPS) is 20.5. The minimum absolute atomic E-state index is 0.00414. The Morgan fingerprint density at radius 3 is 2.48 bits per heavy atom. The van der Waals surface area contributed by atoms with Crippen molar-refractivity contribution in [1.29, 1.82) is 0 Å². The Labute approximate surface area is 164 Å². The highest BCUT2D eigenvalue weighted by Gasteiger charge is 2.45. The number of hydrogen-bond acceptors (Lipinski definition) is 4. The Morgan fingerprint density at radius 1 is 1.22 bits per heavy atom. The second-order valence-electron chi connectivity index (χ2n) is 8.03. The van der Waals surface area contributed by atoms with Gasteiger partial charge in [-0.1, -0.05) is 51.1 Å². The number of carbonyl (C=O) groups is 2. The molecule has 0 spiro atoms. The van der Waals surface area contributed by atoms with Crippen molar-refractivity contribution in [2.45, 2.75) is 32.8 Å². The van der Waals surface area contributed by atoms with Crippen LogP contribution in [0.5, 0.6) is 0 Å². The quantitative estimate of drug-likeness (QED) is 0.878. The fourth-order valence-corrected chi connectivity index (χ4v) is 4.07. The lowest BCUT2D eigenvalue weighted by molar-refractivity contribution is -0.167. The second kappa shape index (κ2) is 7.44. The molecule has 2 heterocycles. The number of primary amides is 1. The summed E-state index contributed by atoms with van der Waals surface area (Å²) in [6.45, 7) is 6.59. The molecule has 1 unspecified atom stereocenters. The molecule has 0 bridgehead atoms. The molecule has 0 aliphatic carbocycles. The number of amides is 2. The van der Waals surface area contributed by atoms with Crippen LogP contribution >= 0.6 is 11.3 Å². The SMILES string of the molecule is CC(C)(C)C(=O)N1CCOC(Cc2ccc(-c3cccs3)cc2)(C(N)=O)C1. The molecule has 1 aliphatic rings. The first-order chi connectivity index (χ1) is 12.7. The van der Waals surface area contributed by atoms with Gasteiger partial charge in [-0.05, 0) is 22.6 Å². The summed E-state index contributed by atoms with van der Waals surface area (Å²) in [7, 11) is 0. The molecular formula is C21H26N2O3S. The van der Waals surface area contributed by atoms with E-state index in [0.717, 1.165) is 11.1 Å². The fraction of sp³-hybridized carbons (Fsp3) is 0.429.